The van der Waals surface area contributed by atoms with Crippen molar-refractivity contribution in [2.45, 2.75) is 56.2 Å². The normalized spacial score (nSPS) is 20.0. The quantitative estimate of drug-likeness (QED) is 0.219. The van der Waals surface area contributed by atoms with Crippen molar-refractivity contribution in [1.29, 1.82) is 0 Å². The highest BCUT2D eigenvalue weighted by Crippen LogP contribution is 2.55. The number of aromatic nitrogens is 2. The molecule has 7 rings (SSSR count). The Hall–Kier alpha value is -4.26. The highest BCUT2D eigenvalue weighted by atomic mass is 32.1. The summed E-state index contributed by atoms with van der Waals surface area (Å²) in [7, 11) is 0. The van der Waals surface area contributed by atoms with Gasteiger partial charge in [-0.15, -0.1) is 11.3 Å². The average Bonchev–Trinajstić information content (AvgIpc) is 3.92. The second-order valence-electron chi connectivity index (χ2n) is 11.9. The number of hydrogen-bond acceptors (Lipinski definition) is 7. The molecule has 2 amide bonds. The zero-order chi connectivity index (χ0) is 31.7. The van der Waals surface area contributed by atoms with Crippen molar-refractivity contribution in [2.75, 3.05) is 13.2 Å². The third kappa shape index (κ3) is 5.36. The van der Waals surface area contributed by atoms with Crippen LogP contribution in [0, 0.1) is 18.7 Å². The molecule has 3 heterocycles. The Morgan fingerprint density at radius 2 is 1.87 bits per heavy atom. The van der Waals surface area contributed by atoms with Crippen LogP contribution < -0.4 is 20.5 Å². The van der Waals surface area contributed by atoms with Gasteiger partial charge in [-0.25, -0.2) is 14.4 Å². The molecule has 0 radical (unpaired) electrons. The average molecular weight is 641 g/mol. The predicted molar refractivity (Wildman–Crippen MR) is 158 cm³/mol. The van der Waals surface area contributed by atoms with Crippen LogP contribution in [0.3, 0.4) is 0 Å². The zero-order valence-electron chi connectivity index (χ0n) is 24.0. The number of benzene rings is 2. The van der Waals surface area contributed by atoms with Crippen molar-refractivity contribution in [2.24, 2.45) is 11.7 Å². The smallest absolute Gasteiger partial charge is 0.398 e. The lowest BCUT2D eigenvalue weighted by atomic mass is 9.76. The van der Waals surface area contributed by atoms with E-state index >= 15 is 0 Å². The summed E-state index contributed by atoms with van der Waals surface area (Å²) in [6.07, 6.45) is -1.71. The van der Waals surface area contributed by atoms with Crippen molar-refractivity contribution in [1.82, 2.24) is 15.3 Å². The Labute approximate surface area is 259 Å². The van der Waals surface area contributed by atoms with Crippen LogP contribution in [0.4, 0.5) is 17.6 Å². The first-order valence-corrected chi connectivity index (χ1v) is 15.4. The third-order valence-electron chi connectivity index (χ3n) is 8.62. The Bertz CT molecular complexity index is 1840. The highest BCUT2D eigenvalue weighted by molar-refractivity contribution is 7.18. The van der Waals surface area contributed by atoms with E-state index in [1.54, 1.807) is 6.07 Å². The summed E-state index contributed by atoms with van der Waals surface area (Å²) < 4.78 is 70.6. The van der Waals surface area contributed by atoms with E-state index in [4.69, 9.17) is 15.2 Å². The fourth-order valence-electron chi connectivity index (χ4n) is 5.98. The minimum Gasteiger partial charge on any atom is -0.489 e. The molecule has 4 aromatic rings. The summed E-state index contributed by atoms with van der Waals surface area (Å²) in [5, 5.41) is 3.21. The molecular weight excluding hydrogens is 612 g/mol. The van der Waals surface area contributed by atoms with E-state index in [1.165, 1.54) is 35.6 Å². The molecule has 45 heavy (non-hydrogen) atoms. The molecule has 3 N–H and O–H groups in total. The molecule has 0 unspecified atom stereocenters. The number of ether oxygens (including phenoxy) is 2. The van der Waals surface area contributed by atoms with Crippen LogP contribution in [-0.4, -0.2) is 47.2 Å². The first-order valence-electron chi connectivity index (χ1n) is 14.6. The maximum absolute atomic E-state index is 14.8. The number of pyridine rings is 1. The van der Waals surface area contributed by atoms with Crippen LogP contribution >= 0.6 is 11.3 Å². The number of primary amides is 1. The summed E-state index contributed by atoms with van der Waals surface area (Å²) in [5.74, 6) is -3.81. The van der Waals surface area contributed by atoms with E-state index < -0.39 is 47.4 Å². The summed E-state index contributed by atoms with van der Waals surface area (Å²) >= 11 is 1.36. The van der Waals surface area contributed by atoms with Crippen LogP contribution in [-0.2, 0) is 10.2 Å². The number of nitrogens with two attached hydrogens (primary N) is 1. The number of nitrogens with one attached hydrogen (secondary N) is 1. The molecule has 3 aliphatic rings. The molecule has 0 spiro atoms. The van der Waals surface area contributed by atoms with Gasteiger partial charge >= 0.3 is 6.18 Å². The molecule has 8 nitrogen and oxygen atoms in total. The molecule has 2 saturated carbocycles. The largest absolute Gasteiger partial charge is 0.489 e. The number of carbonyl (C=O) groups is 2. The van der Waals surface area contributed by atoms with Crippen molar-refractivity contribution in [3.8, 4) is 22.8 Å². The lowest BCUT2D eigenvalue weighted by Crippen LogP contribution is -2.45. The van der Waals surface area contributed by atoms with Crippen molar-refractivity contribution in [3.63, 3.8) is 0 Å². The van der Waals surface area contributed by atoms with Gasteiger partial charge in [0, 0.05) is 23.2 Å². The number of fused-ring (bicyclic) bond motifs is 2. The summed E-state index contributed by atoms with van der Waals surface area (Å²) in [4.78, 5) is 35.1. The minimum atomic E-state index is -4.83. The van der Waals surface area contributed by atoms with Gasteiger partial charge in [0.15, 0.2) is 0 Å². The molecule has 2 aromatic carbocycles. The maximum Gasteiger partial charge on any atom is 0.398 e. The van der Waals surface area contributed by atoms with Crippen LogP contribution in [0.1, 0.15) is 58.2 Å². The SMILES string of the molecule is Cc1nc2c(OC3CC3)cc(C(=O)NC[C@H](c3cc4c(c(-c5ccc(F)cc5)n3)OC[C@@]4(C(N)=O)C3CC3)C(F)(F)F)cc2s1. The minimum absolute atomic E-state index is 0.0245. The topological polar surface area (TPSA) is 116 Å². The highest BCUT2D eigenvalue weighted by Gasteiger charge is 2.57. The molecule has 2 fully saturated rings. The standard InChI is InChI=1S/C32H28F4N4O4S/c1-15-39-27-24(44-20-8-9-20)10-17(11-25(27)45-15)29(41)38-13-22(32(34,35)36)23-12-21-28(26(40-23)16-2-6-19(33)7-3-16)43-14-31(21,30(37)42)18-4-5-18/h2-3,6-7,10-12,18,20,22H,4-5,8-9,13-14H2,1H3,(H2,37,42)(H,38,41)/t22-,31-/m1/s1. The van der Waals surface area contributed by atoms with Gasteiger partial charge in [-0.2, -0.15) is 13.2 Å². The van der Waals surface area contributed by atoms with Crippen LogP contribution in [0.15, 0.2) is 42.5 Å². The van der Waals surface area contributed by atoms with Gasteiger partial charge in [0.25, 0.3) is 5.91 Å². The number of alkyl halides is 3. The number of amides is 2. The Balaban J connectivity index is 1.26. The second-order valence-corrected chi connectivity index (χ2v) is 13.1. The molecular formula is C32H28F4N4O4S. The van der Waals surface area contributed by atoms with E-state index in [2.05, 4.69) is 15.3 Å². The number of halogens is 4. The first kappa shape index (κ1) is 29.5. The van der Waals surface area contributed by atoms with Gasteiger partial charge in [0.2, 0.25) is 5.91 Å². The molecule has 0 saturated heterocycles. The van der Waals surface area contributed by atoms with Crippen molar-refractivity contribution >= 4 is 33.4 Å². The van der Waals surface area contributed by atoms with Crippen LogP contribution in [0.25, 0.3) is 21.5 Å². The Morgan fingerprint density at radius 1 is 1.13 bits per heavy atom. The number of aryl methyl sites for hydroxylation is 1. The van der Waals surface area contributed by atoms with Crippen LogP contribution in [0.5, 0.6) is 11.5 Å². The van der Waals surface area contributed by atoms with E-state index in [0.717, 1.165) is 30.0 Å². The first-order chi connectivity index (χ1) is 21.4. The molecule has 0 bridgehead atoms. The van der Waals surface area contributed by atoms with Gasteiger partial charge < -0.3 is 20.5 Å². The summed E-state index contributed by atoms with van der Waals surface area (Å²) in [6.45, 7) is 0.869. The molecule has 2 atom stereocenters. The molecule has 1 aliphatic heterocycles. The maximum atomic E-state index is 14.8. The van der Waals surface area contributed by atoms with E-state index in [1.807, 2.05) is 6.92 Å². The molecule has 13 heteroatoms. The van der Waals surface area contributed by atoms with Gasteiger partial charge in [-0.05, 0) is 81.0 Å². The van der Waals surface area contributed by atoms with E-state index in [0.29, 0.717) is 34.4 Å². The second kappa shape index (κ2) is 10.7. The number of thiazole rings is 1. The lowest BCUT2D eigenvalue weighted by molar-refractivity contribution is -0.149. The van der Waals surface area contributed by atoms with Gasteiger partial charge in [0.05, 0.1) is 21.5 Å². The van der Waals surface area contributed by atoms with Gasteiger partial charge in [-0.3, -0.25) is 9.59 Å². The molecule has 2 aliphatic carbocycles. The molecule has 2 aromatic heterocycles. The van der Waals surface area contributed by atoms with Crippen molar-refractivity contribution < 1.29 is 36.6 Å². The number of nitrogens with zero attached hydrogens (tertiary/aromatic N) is 2. The fourth-order valence-corrected chi connectivity index (χ4v) is 6.86. The van der Waals surface area contributed by atoms with Crippen molar-refractivity contribution in [3.05, 3.63) is 70.1 Å². The van der Waals surface area contributed by atoms with E-state index in [9.17, 15) is 27.2 Å². The summed E-state index contributed by atoms with van der Waals surface area (Å²) in [5.41, 5.74) is 5.49. The Morgan fingerprint density at radius 3 is 2.51 bits per heavy atom. The summed E-state index contributed by atoms with van der Waals surface area (Å²) in [6, 6.07) is 9.43. The number of carbonyl (C=O) groups excluding carboxylic acids is 2. The predicted octanol–water partition coefficient (Wildman–Crippen LogP) is 5.95. The zero-order valence-corrected chi connectivity index (χ0v) is 24.9. The number of rotatable bonds is 9. The van der Waals surface area contributed by atoms with Gasteiger partial charge in [-0.1, -0.05) is 0 Å². The monoisotopic (exact) mass is 640 g/mol. The van der Waals surface area contributed by atoms with Crippen LogP contribution in [0.2, 0.25) is 0 Å². The number of hydrogen-bond donors (Lipinski definition) is 2. The fraction of sp³-hybridized carbons (Fsp3) is 0.375. The van der Waals surface area contributed by atoms with E-state index in [-0.39, 0.29) is 41.2 Å². The molecule has 234 valence electrons. The third-order valence-corrected chi connectivity index (χ3v) is 9.53. The Kier molecular flexibility index (Phi) is 6.99. The lowest BCUT2D eigenvalue weighted by Gasteiger charge is -2.26. The van der Waals surface area contributed by atoms with Gasteiger partial charge in [0.1, 0.15) is 46.5 Å².